The number of nitrogens with zero attached hydrogens (tertiary/aromatic N) is 3. The number of carbonyl (C=O) groups excluding carboxylic acids is 2. The fourth-order valence-corrected chi connectivity index (χ4v) is 3.88. The fraction of sp³-hybridized carbons (Fsp3) is 0.500. The van der Waals surface area contributed by atoms with E-state index in [1.807, 2.05) is 0 Å². The van der Waals surface area contributed by atoms with Gasteiger partial charge in [-0.1, -0.05) is 0 Å². The van der Waals surface area contributed by atoms with E-state index in [9.17, 15) is 22.8 Å². The first-order valence-electron chi connectivity index (χ1n) is 9.29. The summed E-state index contributed by atoms with van der Waals surface area (Å²) in [5, 5.41) is 6.94. The minimum Gasteiger partial charge on any atom is -0.467 e. The predicted molar refractivity (Wildman–Crippen MR) is 94.8 cm³/mol. The number of piperidine rings is 1. The van der Waals surface area contributed by atoms with Crippen molar-refractivity contribution in [3.63, 3.8) is 0 Å². The number of carbonyl (C=O) groups is 2. The highest BCUT2D eigenvalue weighted by molar-refractivity contribution is 5.93. The standard InChI is InChI=1S/C18H20F3N5O3/c19-18(20,21)14-8-11(13-2-1-7-29-13)23-15-9-12(24-26(14)15)17(28)25-5-3-10(4-6-25)16(22)27/h1-2,7,9-11,14,23H,3-6,8H2,(H2,22,27)/t11-,14+/m1/s1. The number of primary amides is 1. The molecule has 11 heteroatoms. The molecule has 0 aromatic carbocycles. The normalized spacial score (nSPS) is 22.8. The number of fused-ring (bicyclic) bond motifs is 1. The van der Waals surface area contributed by atoms with Gasteiger partial charge >= 0.3 is 6.18 Å². The number of rotatable bonds is 3. The van der Waals surface area contributed by atoms with Gasteiger partial charge in [0.15, 0.2) is 11.7 Å². The zero-order valence-electron chi connectivity index (χ0n) is 15.4. The van der Waals surface area contributed by atoms with Crippen molar-refractivity contribution in [2.24, 2.45) is 11.7 Å². The Balaban J connectivity index is 1.58. The second-order valence-corrected chi connectivity index (χ2v) is 7.33. The summed E-state index contributed by atoms with van der Waals surface area (Å²) < 4.78 is 47.1. The van der Waals surface area contributed by atoms with Crippen LogP contribution in [0.1, 0.15) is 47.6 Å². The van der Waals surface area contributed by atoms with Crippen LogP contribution < -0.4 is 11.1 Å². The highest BCUT2D eigenvalue weighted by atomic mass is 19.4. The Kier molecular flexibility index (Phi) is 4.75. The first-order chi connectivity index (χ1) is 13.7. The topological polar surface area (TPSA) is 106 Å². The average molecular weight is 411 g/mol. The van der Waals surface area contributed by atoms with Gasteiger partial charge in [-0.2, -0.15) is 18.3 Å². The zero-order chi connectivity index (χ0) is 20.8. The number of anilines is 1. The van der Waals surface area contributed by atoms with Crippen molar-refractivity contribution in [1.82, 2.24) is 14.7 Å². The van der Waals surface area contributed by atoms with Crippen LogP contribution in [-0.2, 0) is 4.79 Å². The van der Waals surface area contributed by atoms with Crippen LogP contribution in [0.4, 0.5) is 19.0 Å². The molecular formula is C18H20F3N5O3. The van der Waals surface area contributed by atoms with Crippen LogP contribution in [0.25, 0.3) is 0 Å². The number of alkyl halides is 3. The number of halogens is 3. The van der Waals surface area contributed by atoms with Gasteiger partial charge in [-0.15, -0.1) is 0 Å². The van der Waals surface area contributed by atoms with Crippen LogP contribution in [0.5, 0.6) is 0 Å². The third-order valence-corrected chi connectivity index (χ3v) is 5.48. The third-order valence-electron chi connectivity index (χ3n) is 5.48. The molecule has 0 spiro atoms. The van der Waals surface area contributed by atoms with Gasteiger partial charge in [0.25, 0.3) is 5.91 Å². The highest BCUT2D eigenvalue weighted by Crippen LogP contribution is 2.43. The van der Waals surface area contributed by atoms with Gasteiger partial charge in [0.1, 0.15) is 11.6 Å². The van der Waals surface area contributed by atoms with Gasteiger partial charge < -0.3 is 20.4 Å². The van der Waals surface area contributed by atoms with Gasteiger partial charge in [0.2, 0.25) is 5.91 Å². The lowest BCUT2D eigenvalue weighted by molar-refractivity contribution is -0.174. The number of hydrogen-bond donors (Lipinski definition) is 2. The van der Waals surface area contributed by atoms with Crippen molar-refractivity contribution in [3.05, 3.63) is 35.9 Å². The Hall–Kier alpha value is -2.98. The van der Waals surface area contributed by atoms with Crippen molar-refractivity contribution in [2.75, 3.05) is 18.4 Å². The third kappa shape index (κ3) is 3.68. The van der Waals surface area contributed by atoms with Crippen LogP contribution >= 0.6 is 0 Å². The average Bonchev–Trinajstić information content (AvgIpc) is 3.35. The van der Waals surface area contributed by atoms with Gasteiger partial charge in [-0.3, -0.25) is 9.59 Å². The molecule has 2 aliphatic heterocycles. The Bertz CT molecular complexity index is 900. The number of nitrogens with one attached hydrogen (secondary N) is 1. The van der Waals surface area contributed by atoms with E-state index in [1.165, 1.54) is 17.2 Å². The molecule has 2 aromatic rings. The molecule has 8 nitrogen and oxygen atoms in total. The molecule has 0 aliphatic carbocycles. The molecule has 4 heterocycles. The molecule has 2 aromatic heterocycles. The van der Waals surface area contributed by atoms with E-state index in [0.29, 0.717) is 31.7 Å². The van der Waals surface area contributed by atoms with Crippen LogP contribution in [0.2, 0.25) is 0 Å². The van der Waals surface area contributed by atoms with Crippen molar-refractivity contribution in [1.29, 1.82) is 0 Å². The van der Waals surface area contributed by atoms with Crippen molar-refractivity contribution < 1.29 is 27.2 Å². The van der Waals surface area contributed by atoms with Crippen LogP contribution in [0, 0.1) is 5.92 Å². The number of hydrogen-bond acceptors (Lipinski definition) is 5. The van der Waals surface area contributed by atoms with Crippen LogP contribution in [-0.4, -0.2) is 45.8 Å². The molecule has 2 atom stereocenters. The van der Waals surface area contributed by atoms with E-state index in [4.69, 9.17) is 10.2 Å². The second kappa shape index (κ2) is 7.12. The number of likely N-dealkylation sites (tertiary alicyclic amines) is 1. The molecule has 2 aliphatic rings. The van der Waals surface area contributed by atoms with E-state index in [1.54, 1.807) is 12.1 Å². The van der Waals surface area contributed by atoms with Gasteiger partial charge in [-0.25, -0.2) is 4.68 Å². The molecule has 0 saturated carbocycles. The highest BCUT2D eigenvalue weighted by Gasteiger charge is 2.47. The monoisotopic (exact) mass is 411 g/mol. The minimum atomic E-state index is -4.53. The molecular weight excluding hydrogens is 391 g/mol. The van der Waals surface area contributed by atoms with Gasteiger partial charge in [0, 0.05) is 31.5 Å². The number of amides is 2. The summed E-state index contributed by atoms with van der Waals surface area (Å²) >= 11 is 0. The van der Waals surface area contributed by atoms with E-state index < -0.39 is 30.1 Å². The van der Waals surface area contributed by atoms with Crippen LogP contribution in [0.3, 0.4) is 0 Å². The van der Waals surface area contributed by atoms with Crippen molar-refractivity contribution in [2.45, 2.75) is 37.5 Å². The molecule has 2 amide bonds. The van der Waals surface area contributed by atoms with E-state index in [0.717, 1.165) is 4.68 Å². The van der Waals surface area contributed by atoms with Crippen LogP contribution in [0.15, 0.2) is 28.9 Å². The molecule has 1 fully saturated rings. The Morgan fingerprint density at radius 2 is 2.00 bits per heavy atom. The SMILES string of the molecule is NC(=O)C1CCN(C(=O)c2cc3n(n2)[C@H](C(F)(F)F)C[C@H](c2ccco2)N3)CC1. The summed E-state index contributed by atoms with van der Waals surface area (Å²) in [7, 11) is 0. The first kappa shape index (κ1) is 19.3. The molecule has 0 unspecified atom stereocenters. The smallest absolute Gasteiger partial charge is 0.410 e. The van der Waals surface area contributed by atoms with Gasteiger partial charge in [-0.05, 0) is 25.0 Å². The fourth-order valence-electron chi connectivity index (χ4n) is 3.88. The van der Waals surface area contributed by atoms with E-state index in [2.05, 4.69) is 10.4 Å². The summed E-state index contributed by atoms with van der Waals surface area (Å²) in [5.74, 6) is -0.675. The lowest BCUT2D eigenvalue weighted by Gasteiger charge is -2.32. The number of aromatic nitrogens is 2. The largest absolute Gasteiger partial charge is 0.467 e. The molecule has 0 bridgehead atoms. The predicted octanol–water partition coefficient (Wildman–Crippen LogP) is 2.47. The molecule has 0 radical (unpaired) electrons. The molecule has 156 valence electrons. The molecule has 1 saturated heterocycles. The van der Waals surface area contributed by atoms with Crippen molar-refractivity contribution in [3.8, 4) is 0 Å². The zero-order valence-corrected chi connectivity index (χ0v) is 15.4. The lowest BCUT2D eigenvalue weighted by atomic mass is 9.96. The maximum absolute atomic E-state index is 13.7. The Morgan fingerprint density at radius 3 is 2.59 bits per heavy atom. The Labute approximate surface area is 163 Å². The van der Waals surface area contributed by atoms with Gasteiger partial charge in [0.05, 0.1) is 12.3 Å². The summed E-state index contributed by atoms with van der Waals surface area (Å²) in [6.45, 7) is 0.611. The number of nitrogens with two attached hydrogens (primary N) is 1. The quantitative estimate of drug-likeness (QED) is 0.807. The molecule has 4 rings (SSSR count). The maximum atomic E-state index is 13.7. The molecule has 29 heavy (non-hydrogen) atoms. The minimum absolute atomic E-state index is 0.0700. The summed E-state index contributed by atoms with van der Waals surface area (Å²) in [6, 6.07) is 1.98. The summed E-state index contributed by atoms with van der Waals surface area (Å²) in [4.78, 5) is 25.5. The first-order valence-corrected chi connectivity index (χ1v) is 9.29. The summed E-state index contributed by atoms with van der Waals surface area (Å²) in [5.41, 5.74) is 5.22. The second-order valence-electron chi connectivity index (χ2n) is 7.33. The number of furan rings is 1. The van der Waals surface area contributed by atoms with Crippen molar-refractivity contribution >= 4 is 17.6 Å². The maximum Gasteiger partial charge on any atom is 0.410 e. The van der Waals surface area contributed by atoms with E-state index in [-0.39, 0.29) is 23.9 Å². The lowest BCUT2D eigenvalue weighted by Crippen LogP contribution is -2.42. The van der Waals surface area contributed by atoms with E-state index >= 15 is 0 Å². The Morgan fingerprint density at radius 1 is 1.28 bits per heavy atom. The summed E-state index contributed by atoms with van der Waals surface area (Å²) in [6.07, 6.45) is -2.58. The molecule has 3 N–H and O–H groups in total.